The predicted octanol–water partition coefficient (Wildman–Crippen LogP) is 1.68. The molecule has 5 nitrogen and oxygen atoms in total. The van der Waals surface area contributed by atoms with Crippen molar-refractivity contribution in [3.05, 3.63) is 35.5 Å². The molecule has 0 spiro atoms. The number of carbonyl (C=O) groups is 1. The van der Waals surface area contributed by atoms with Gasteiger partial charge in [0.2, 0.25) is 0 Å². The van der Waals surface area contributed by atoms with Crippen molar-refractivity contribution in [2.45, 2.75) is 12.5 Å². The summed E-state index contributed by atoms with van der Waals surface area (Å²) in [4.78, 5) is 14.0. The number of aliphatic carboxylic acids is 1. The Balaban J connectivity index is 2.39. The number of hydrogen-bond acceptors (Lipinski definition) is 3. The molecule has 1 atom stereocenters. The Morgan fingerprint density at radius 1 is 1.61 bits per heavy atom. The molecule has 0 radical (unpaired) electrons. The van der Waals surface area contributed by atoms with Crippen LogP contribution in [-0.4, -0.2) is 29.3 Å². The van der Waals surface area contributed by atoms with Gasteiger partial charge in [-0.3, -0.25) is 0 Å². The van der Waals surface area contributed by atoms with Gasteiger partial charge in [-0.05, 0) is 23.8 Å². The lowest BCUT2D eigenvalue weighted by Crippen LogP contribution is -2.24. The summed E-state index contributed by atoms with van der Waals surface area (Å²) in [5, 5.41) is 18.7. The van der Waals surface area contributed by atoms with Crippen molar-refractivity contribution < 1.29 is 14.6 Å². The Kier molecular flexibility index (Phi) is 3.31. The highest BCUT2D eigenvalue weighted by Crippen LogP contribution is 2.21. The van der Waals surface area contributed by atoms with Crippen molar-refractivity contribution in [1.29, 1.82) is 5.26 Å². The Morgan fingerprint density at radius 2 is 2.39 bits per heavy atom. The molecule has 1 aromatic carbocycles. The molecule has 0 unspecified atom stereocenters. The number of aromatic amines is 1. The fourth-order valence-corrected chi connectivity index (χ4v) is 1.89. The van der Waals surface area contributed by atoms with Gasteiger partial charge in [-0.25, -0.2) is 4.79 Å². The second-order valence-corrected chi connectivity index (χ2v) is 3.95. The first kappa shape index (κ1) is 12.1. The summed E-state index contributed by atoms with van der Waals surface area (Å²) >= 11 is 0. The minimum Gasteiger partial charge on any atom is -0.479 e. The lowest BCUT2D eigenvalue weighted by Gasteiger charge is -2.09. The van der Waals surface area contributed by atoms with Crippen LogP contribution >= 0.6 is 0 Å². The Bertz CT molecular complexity index is 625. The monoisotopic (exact) mass is 244 g/mol. The van der Waals surface area contributed by atoms with Gasteiger partial charge in [0.25, 0.3) is 0 Å². The maximum absolute atomic E-state index is 10.9. The lowest BCUT2D eigenvalue weighted by atomic mass is 10.0. The number of nitriles is 1. The molecule has 1 aromatic heterocycles. The third kappa shape index (κ3) is 2.19. The van der Waals surface area contributed by atoms with E-state index in [1.165, 1.54) is 7.11 Å². The zero-order valence-corrected chi connectivity index (χ0v) is 9.80. The number of ether oxygens (including phenoxy) is 1. The van der Waals surface area contributed by atoms with Crippen LogP contribution in [0.25, 0.3) is 10.9 Å². The number of hydrogen-bond donors (Lipinski definition) is 2. The first-order valence-electron chi connectivity index (χ1n) is 5.41. The van der Waals surface area contributed by atoms with E-state index in [0.29, 0.717) is 5.56 Å². The van der Waals surface area contributed by atoms with Gasteiger partial charge in [-0.2, -0.15) is 5.26 Å². The van der Waals surface area contributed by atoms with Gasteiger partial charge >= 0.3 is 5.97 Å². The maximum atomic E-state index is 10.9. The Labute approximate surface area is 104 Å². The number of carboxylic acids is 1. The van der Waals surface area contributed by atoms with Crippen molar-refractivity contribution in [3.63, 3.8) is 0 Å². The zero-order valence-electron chi connectivity index (χ0n) is 9.80. The third-order valence-corrected chi connectivity index (χ3v) is 2.86. The molecule has 0 amide bonds. The quantitative estimate of drug-likeness (QED) is 0.856. The molecule has 0 aliphatic rings. The highest BCUT2D eigenvalue weighted by Gasteiger charge is 2.18. The molecule has 18 heavy (non-hydrogen) atoms. The fourth-order valence-electron chi connectivity index (χ4n) is 1.89. The molecule has 5 heteroatoms. The fraction of sp³-hybridized carbons (Fsp3) is 0.231. The number of benzene rings is 1. The van der Waals surface area contributed by atoms with E-state index in [1.807, 2.05) is 0 Å². The summed E-state index contributed by atoms with van der Waals surface area (Å²) in [5.74, 6) is -0.997. The minimum absolute atomic E-state index is 0.265. The highest BCUT2D eigenvalue weighted by atomic mass is 16.5. The molecule has 92 valence electrons. The first-order chi connectivity index (χ1) is 8.65. The van der Waals surface area contributed by atoms with Gasteiger partial charge < -0.3 is 14.8 Å². The third-order valence-electron chi connectivity index (χ3n) is 2.86. The number of rotatable bonds is 4. The van der Waals surface area contributed by atoms with Gasteiger partial charge in [0.15, 0.2) is 6.10 Å². The summed E-state index contributed by atoms with van der Waals surface area (Å²) < 4.78 is 4.91. The smallest absolute Gasteiger partial charge is 0.333 e. The molecule has 2 aromatic rings. The SMILES string of the molecule is CO[C@@H](Cc1c[nH]c2ccc(C#N)cc12)C(=O)O. The van der Waals surface area contributed by atoms with Crippen LogP contribution in [0.1, 0.15) is 11.1 Å². The first-order valence-corrected chi connectivity index (χ1v) is 5.41. The van der Waals surface area contributed by atoms with Crippen molar-refractivity contribution in [1.82, 2.24) is 4.98 Å². The Hall–Kier alpha value is -2.32. The molecule has 2 N–H and O–H groups in total. The number of carboxylic acid groups (broad SMARTS) is 1. The average molecular weight is 244 g/mol. The number of nitrogens with one attached hydrogen (secondary N) is 1. The van der Waals surface area contributed by atoms with E-state index in [9.17, 15) is 4.79 Å². The van der Waals surface area contributed by atoms with Crippen LogP contribution in [0.15, 0.2) is 24.4 Å². The second kappa shape index (κ2) is 4.90. The van der Waals surface area contributed by atoms with E-state index < -0.39 is 12.1 Å². The van der Waals surface area contributed by atoms with E-state index >= 15 is 0 Å². The van der Waals surface area contributed by atoms with Crippen LogP contribution in [0.3, 0.4) is 0 Å². The van der Waals surface area contributed by atoms with Crippen LogP contribution in [-0.2, 0) is 16.0 Å². The van der Waals surface area contributed by atoms with E-state index in [0.717, 1.165) is 16.5 Å². The van der Waals surface area contributed by atoms with Crippen molar-refractivity contribution in [2.75, 3.05) is 7.11 Å². The van der Waals surface area contributed by atoms with E-state index in [-0.39, 0.29) is 6.42 Å². The molecular weight excluding hydrogens is 232 g/mol. The number of nitrogens with zero attached hydrogens (tertiary/aromatic N) is 1. The van der Waals surface area contributed by atoms with Gasteiger partial charge in [0.05, 0.1) is 11.6 Å². The van der Waals surface area contributed by atoms with E-state index in [4.69, 9.17) is 15.1 Å². The number of methoxy groups -OCH3 is 1. The number of fused-ring (bicyclic) bond motifs is 1. The maximum Gasteiger partial charge on any atom is 0.333 e. The van der Waals surface area contributed by atoms with Crippen LogP contribution < -0.4 is 0 Å². The second-order valence-electron chi connectivity index (χ2n) is 3.95. The topological polar surface area (TPSA) is 86.1 Å². The summed E-state index contributed by atoms with van der Waals surface area (Å²) in [5.41, 5.74) is 2.26. The van der Waals surface area contributed by atoms with Gasteiger partial charge in [0.1, 0.15) is 0 Å². The van der Waals surface area contributed by atoms with Crippen molar-refractivity contribution >= 4 is 16.9 Å². The molecule has 0 saturated carbocycles. The summed E-state index contributed by atoms with van der Waals surface area (Å²) in [6.07, 6.45) is 1.14. The minimum atomic E-state index is -0.997. The molecule has 0 fully saturated rings. The summed E-state index contributed by atoms with van der Waals surface area (Å²) in [7, 11) is 1.37. The normalized spacial score (nSPS) is 12.2. The summed E-state index contributed by atoms with van der Waals surface area (Å²) in [6, 6.07) is 7.33. The lowest BCUT2D eigenvalue weighted by molar-refractivity contribution is -0.148. The molecule has 0 aliphatic heterocycles. The largest absolute Gasteiger partial charge is 0.479 e. The Morgan fingerprint density at radius 3 is 3.00 bits per heavy atom. The average Bonchev–Trinajstić information content (AvgIpc) is 2.77. The van der Waals surface area contributed by atoms with Crippen molar-refractivity contribution in [3.8, 4) is 6.07 Å². The molecule has 2 rings (SSSR count). The van der Waals surface area contributed by atoms with E-state index in [2.05, 4.69) is 11.1 Å². The number of H-pyrrole nitrogens is 1. The molecule has 1 heterocycles. The van der Waals surface area contributed by atoms with Crippen LogP contribution in [0.5, 0.6) is 0 Å². The molecule has 0 saturated heterocycles. The van der Waals surface area contributed by atoms with Crippen LogP contribution in [0, 0.1) is 11.3 Å². The number of aromatic nitrogens is 1. The van der Waals surface area contributed by atoms with Crippen LogP contribution in [0.4, 0.5) is 0 Å². The molecular formula is C13H12N2O3. The highest BCUT2D eigenvalue weighted by molar-refractivity contribution is 5.85. The molecule has 0 aliphatic carbocycles. The molecule has 0 bridgehead atoms. The zero-order chi connectivity index (χ0) is 13.1. The predicted molar refractivity (Wildman–Crippen MR) is 65.2 cm³/mol. The van der Waals surface area contributed by atoms with Gasteiger partial charge in [-0.1, -0.05) is 0 Å². The van der Waals surface area contributed by atoms with E-state index in [1.54, 1.807) is 24.4 Å². The van der Waals surface area contributed by atoms with Crippen molar-refractivity contribution in [2.24, 2.45) is 0 Å². The van der Waals surface area contributed by atoms with Crippen LogP contribution in [0.2, 0.25) is 0 Å². The van der Waals surface area contributed by atoms with Gasteiger partial charge in [0, 0.05) is 30.6 Å². The standard InChI is InChI=1S/C13H12N2O3/c1-18-12(13(16)17)5-9-7-15-11-3-2-8(6-14)4-10(9)11/h2-4,7,12,15H,5H2,1H3,(H,16,17)/t12-/m0/s1. The summed E-state index contributed by atoms with van der Waals surface area (Å²) in [6.45, 7) is 0. The van der Waals surface area contributed by atoms with Gasteiger partial charge in [-0.15, -0.1) is 0 Å².